The number of piperazine rings is 1. The van der Waals surface area contributed by atoms with Gasteiger partial charge < -0.3 is 25.4 Å². The van der Waals surface area contributed by atoms with Gasteiger partial charge in [0.15, 0.2) is 6.61 Å². The van der Waals surface area contributed by atoms with Crippen LogP contribution in [0, 0.1) is 5.92 Å². The number of carbonyl (C=O) groups is 3. The lowest BCUT2D eigenvalue weighted by atomic mass is 9.92. The van der Waals surface area contributed by atoms with Crippen molar-refractivity contribution in [3.8, 4) is 0 Å². The Bertz CT molecular complexity index is 762. The van der Waals surface area contributed by atoms with Crippen molar-refractivity contribution in [3.05, 3.63) is 23.0 Å². The van der Waals surface area contributed by atoms with Crippen LogP contribution < -0.4 is 10.6 Å². The van der Waals surface area contributed by atoms with Gasteiger partial charge in [0.1, 0.15) is 0 Å². The normalized spacial score (nSPS) is 19.3. The number of unbranched alkanes of at least 4 members (excludes halogenated alkanes) is 7. The number of hydrogen-bond donors (Lipinski definition) is 3. The Morgan fingerprint density at radius 2 is 1.82 bits per heavy atom. The molecule has 0 aromatic carbocycles. The van der Waals surface area contributed by atoms with E-state index in [9.17, 15) is 19.5 Å². The van der Waals surface area contributed by atoms with Crippen LogP contribution in [-0.2, 0) is 19.1 Å². The predicted molar refractivity (Wildman–Crippen MR) is 132 cm³/mol. The molecule has 0 spiro atoms. The van der Waals surface area contributed by atoms with Gasteiger partial charge in [-0.3, -0.25) is 4.79 Å². The molecule has 2 unspecified atom stereocenters. The maximum Gasteiger partial charge on any atom is 0.336 e. The van der Waals surface area contributed by atoms with E-state index in [1.807, 2.05) is 4.90 Å². The maximum absolute atomic E-state index is 12.9. The van der Waals surface area contributed by atoms with Crippen LogP contribution in [0.5, 0.6) is 0 Å². The van der Waals surface area contributed by atoms with Crippen LogP contribution in [0.4, 0.5) is 0 Å². The number of dihydropyridines is 1. The van der Waals surface area contributed by atoms with E-state index in [2.05, 4.69) is 24.5 Å². The Labute approximate surface area is 204 Å². The van der Waals surface area contributed by atoms with Gasteiger partial charge in [0.2, 0.25) is 0 Å². The molecular formula is C26H43N3O5. The third-order valence-electron chi connectivity index (χ3n) is 6.90. The first-order valence-electron chi connectivity index (χ1n) is 12.9. The molecule has 1 fully saturated rings. The summed E-state index contributed by atoms with van der Waals surface area (Å²) in [6.45, 7) is 7.82. The van der Waals surface area contributed by atoms with Crippen molar-refractivity contribution < 1.29 is 24.2 Å². The molecule has 3 N–H and O–H groups in total. The third kappa shape index (κ3) is 8.78. The molecule has 1 amide bonds. The summed E-state index contributed by atoms with van der Waals surface area (Å²) in [5.74, 6) is -1.57. The van der Waals surface area contributed by atoms with Gasteiger partial charge in [-0.05, 0) is 19.3 Å². The summed E-state index contributed by atoms with van der Waals surface area (Å²) in [5, 5.41) is 15.4. The van der Waals surface area contributed by atoms with Crippen LogP contribution in [0.3, 0.4) is 0 Å². The van der Waals surface area contributed by atoms with E-state index in [0.29, 0.717) is 18.2 Å². The second-order valence-electron chi connectivity index (χ2n) is 9.57. The average Bonchev–Trinajstić information content (AvgIpc) is 2.83. The van der Waals surface area contributed by atoms with Crippen LogP contribution in [0.15, 0.2) is 23.0 Å². The van der Waals surface area contributed by atoms with Crippen molar-refractivity contribution in [1.82, 2.24) is 15.5 Å². The summed E-state index contributed by atoms with van der Waals surface area (Å²) in [4.78, 5) is 38.5. The van der Waals surface area contributed by atoms with Crippen LogP contribution in [0.2, 0.25) is 0 Å². The van der Waals surface area contributed by atoms with Gasteiger partial charge in [0.05, 0.1) is 11.1 Å². The molecule has 1 saturated heterocycles. The van der Waals surface area contributed by atoms with Crippen molar-refractivity contribution in [2.45, 2.75) is 91.0 Å². The molecule has 2 aliphatic rings. The molecule has 192 valence electrons. The number of allylic oxidation sites excluding steroid dienone is 1. The Morgan fingerprint density at radius 3 is 2.50 bits per heavy atom. The number of nitrogens with zero attached hydrogens (tertiary/aromatic N) is 1. The predicted octanol–water partition coefficient (Wildman–Crippen LogP) is 3.73. The Morgan fingerprint density at radius 1 is 1.15 bits per heavy atom. The van der Waals surface area contributed by atoms with E-state index in [1.165, 1.54) is 57.6 Å². The van der Waals surface area contributed by atoms with E-state index in [1.54, 1.807) is 6.92 Å². The topological polar surface area (TPSA) is 108 Å². The Balaban J connectivity index is 1.77. The van der Waals surface area contributed by atoms with Gasteiger partial charge in [0.25, 0.3) is 5.91 Å². The molecule has 0 aromatic rings. The van der Waals surface area contributed by atoms with Crippen molar-refractivity contribution in [2.75, 3.05) is 26.2 Å². The van der Waals surface area contributed by atoms with Crippen LogP contribution in [-0.4, -0.2) is 60.1 Å². The van der Waals surface area contributed by atoms with Crippen LogP contribution in [0.25, 0.3) is 0 Å². The second-order valence-corrected chi connectivity index (χ2v) is 9.57. The number of carboxylic acid groups (broad SMARTS) is 1. The standard InChI is InChI=1S/C26H43N3O5/c1-4-5-6-7-8-9-10-11-12-19(2)23-17-27-13-14-29(23)24(30)18-34-26(33)21-15-22(25(31)32)20(3)28-16-21/h16,19,23,27-28H,4-15,17-18H2,1-3H3,(H,31,32). The van der Waals surface area contributed by atoms with E-state index in [4.69, 9.17) is 4.74 Å². The summed E-state index contributed by atoms with van der Waals surface area (Å²) in [7, 11) is 0. The molecule has 34 heavy (non-hydrogen) atoms. The van der Waals surface area contributed by atoms with Gasteiger partial charge in [-0.1, -0.05) is 65.2 Å². The molecule has 0 aliphatic carbocycles. The van der Waals surface area contributed by atoms with Gasteiger partial charge in [-0.25, -0.2) is 9.59 Å². The largest absolute Gasteiger partial charge is 0.478 e. The Hall–Kier alpha value is -2.35. The van der Waals surface area contributed by atoms with Gasteiger partial charge in [-0.2, -0.15) is 0 Å². The zero-order valence-electron chi connectivity index (χ0n) is 21.2. The second kappa shape index (κ2) is 14.8. The van der Waals surface area contributed by atoms with Gasteiger partial charge in [-0.15, -0.1) is 0 Å². The molecule has 0 saturated carbocycles. The van der Waals surface area contributed by atoms with E-state index < -0.39 is 11.9 Å². The summed E-state index contributed by atoms with van der Waals surface area (Å²) < 4.78 is 5.27. The molecule has 2 rings (SSSR count). The number of nitrogens with one attached hydrogen (secondary N) is 2. The molecule has 0 aromatic heterocycles. The lowest BCUT2D eigenvalue weighted by Gasteiger charge is -2.39. The SMILES string of the molecule is CCCCCCCCCCC(C)C1CNCCN1C(=O)COC(=O)C1=CNC(C)=C(C(=O)O)C1. The highest BCUT2D eigenvalue weighted by atomic mass is 16.5. The maximum atomic E-state index is 12.9. The number of aliphatic carboxylic acids is 1. The van der Waals surface area contributed by atoms with Crippen molar-refractivity contribution in [1.29, 1.82) is 0 Å². The molecule has 2 heterocycles. The lowest BCUT2D eigenvalue weighted by Crippen LogP contribution is -2.57. The lowest BCUT2D eigenvalue weighted by molar-refractivity contribution is -0.151. The minimum Gasteiger partial charge on any atom is -0.478 e. The first-order valence-corrected chi connectivity index (χ1v) is 12.9. The van der Waals surface area contributed by atoms with E-state index >= 15 is 0 Å². The molecule has 8 heteroatoms. The Kier molecular flexibility index (Phi) is 12.2. The molecule has 2 aliphatic heterocycles. The van der Waals surface area contributed by atoms with Crippen LogP contribution in [0.1, 0.15) is 85.0 Å². The minimum absolute atomic E-state index is 0.0207. The third-order valence-corrected chi connectivity index (χ3v) is 6.90. The summed E-state index contributed by atoms with van der Waals surface area (Å²) in [6.07, 6.45) is 12.8. The number of ether oxygens (including phenoxy) is 1. The number of hydrogen-bond acceptors (Lipinski definition) is 6. The first-order chi connectivity index (χ1) is 16.3. The zero-order chi connectivity index (χ0) is 24.9. The summed E-state index contributed by atoms with van der Waals surface area (Å²) in [5.41, 5.74) is 0.822. The van der Waals surface area contributed by atoms with E-state index in [0.717, 1.165) is 19.5 Å². The van der Waals surface area contributed by atoms with E-state index in [-0.39, 0.29) is 36.1 Å². The average molecular weight is 478 g/mol. The fourth-order valence-corrected chi connectivity index (χ4v) is 4.66. The van der Waals surface area contributed by atoms with Crippen LogP contribution >= 0.6 is 0 Å². The molecule has 0 radical (unpaired) electrons. The molecule has 8 nitrogen and oxygen atoms in total. The fraction of sp³-hybridized carbons (Fsp3) is 0.731. The molecule has 0 bridgehead atoms. The molecular weight excluding hydrogens is 434 g/mol. The smallest absolute Gasteiger partial charge is 0.336 e. The number of rotatable bonds is 14. The highest BCUT2D eigenvalue weighted by Gasteiger charge is 2.31. The zero-order valence-corrected chi connectivity index (χ0v) is 21.2. The first kappa shape index (κ1) is 27.9. The minimum atomic E-state index is -1.08. The van der Waals surface area contributed by atoms with Crippen molar-refractivity contribution in [2.24, 2.45) is 5.92 Å². The number of esters is 1. The highest BCUT2D eigenvalue weighted by Crippen LogP contribution is 2.22. The fourth-order valence-electron chi connectivity index (χ4n) is 4.66. The summed E-state index contributed by atoms with van der Waals surface area (Å²) in [6, 6.07) is 0.0873. The summed E-state index contributed by atoms with van der Waals surface area (Å²) >= 11 is 0. The highest BCUT2D eigenvalue weighted by molar-refractivity contribution is 5.96. The number of amides is 1. The van der Waals surface area contributed by atoms with Gasteiger partial charge >= 0.3 is 11.9 Å². The number of carboxylic acids is 1. The van der Waals surface area contributed by atoms with Gasteiger partial charge in [0, 0.05) is 44.0 Å². The van der Waals surface area contributed by atoms with Crippen molar-refractivity contribution in [3.63, 3.8) is 0 Å². The number of carbonyl (C=O) groups excluding carboxylic acids is 2. The molecule has 2 atom stereocenters. The quantitative estimate of drug-likeness (QED) is 0.258. The monoisotopic (exact) mass is 477 g/mol. The van der Waals surface area contributed by atoms with Crippen molar-refractivity contribution >= 4 is 17.8 Å².